The minimum absolute atomic E-state index is 0. The molecule has 0 heterocycles. The molecule has 26 heavy (non-hydrogen) atoms. The largest absolute Gasteiger partial charge is 1.00 e. The molecule has 1 atom stereocenters. The molecular weight excluding hydrogens is 375 g/mol. The summed E-state index contributed by atoms with van der Waals surface area (Å²) in [6.07, 6.45) is 16.3. The van der Waals surface area contributed by atoms with Crippen molar-refractivity contribution in [2.24, 2.45) is 0 Å². The Balaban J connectivity index is 0. The van der Waals surface area contributed by atoms with Crippen LogP contribution in [0.4, 0.5) is 0 Å². The first kappa shape index (κ1) is 29.7. The number of aliphatic hydroxyl groups is 1. The second kappa shape index (κ2) is 18.5. The van der Waals surface area contributed by atoms with E-state index in [2.05, 4.69) is 13.8 Å². The van der Waals surface area contributed by atoms with Crippen LogP contribution in [0.2, 0.25) is 0 Å². The molecule has 0 aromatic rings. The summed E-state index contributed by atoms with van der Waals surface area (Å²) in [7, 11) is -4.66. The molecular formula is C20H41KO4S. The van der Waals surface area contributed by atoms with E-state index in [1.807, 2.05) is 0 Å². The van der Waals surface area contributed by atoms with Crippen LogP contribution < -0.4 is 51.4 Å². The van der Waals surface area contributed by atoms with E-state index in [-0.39, 0.29) is 64.2 Å². The van der Waals surface area contributed by atoms with Crippen molar-refractivity contribution in [3.05, 3.63) is 0 Å². The Labute approximate surface area is 205 Å². The Morgan fingerprint density at radius 3 is 1.19 bits per heavy atom. The van der Waals surface area contributed by atoms with E-state index in [0.29, 0.717) is 12.8 Å². The van der Waals surface area contributed by atoms with Crippen LogP contribution in [0.1, 0.15) is 123 Å². The van der Waals surface area contributed by atoms with Crippen molar-refractivity contribution in [1.82, 2.24) is 0 Å². The summed E-state index contributed by atoms with van der Waals surface area (Å²) < 4.78 is 34.4. The van der Waals surface area contributed by atoms with Gasteiger partial charge in [0.2, 0.25) is 0 Å². The fourth-order valence-corrected chi connectivity index (χ4v) is 4.06. The first-order valence-corrected chi connectivity index (χ1v) is 12.0. The molecule has 0 bridgehead atoms. The molecule has 0 saturated heterocycles. The van der Waals surface area contributed by atoms with Crippen LogP contribution in [0.3, 0.4) is 0 Å². The first-order chi connectivity index (χ1) is 11.9. The molecule has 1 N–H and O–H groups in total. The van der Waals surface area contributed by atoms with Crippen LogP contribution in [0, 0.1) is 0 Å². The van der Waals surface area contributed by atoms with E-state index in [0.717, 1.165) is 44.9 Å². The quantitative estimate of drug-likeness (QED) is 0.212. The molecule has 0 aliphatic carbocycles. The van der Waals surface area contributed by atoms with E-state index in [1.165, 1.54) is 38.5 Å². The van der Waals surface area contributed by atoms with Gasteiger partial charge in [0.15, 0.2) is 4.93 Å². The van der Waals surface area contributed by atoms with Crippen molar-refractivity contribution in [3.8, 4) is 0 Å². The van der Waals surface area contributed by atoms with Gasteiger partial charge in [-0.25, -0.2) is 8.42 Å². The van der Waals surface area contributed by atoms with Crippen LogP contribution in [0.25, 0.3) is 0 Å². The van der Waals surface area contributed by atoms with Crippen molar-refractivity contribution in [2.75, 3.05) is 0 Å². The third-order valence-electron chi connectivity index (χ3n) is 5.06. The SMILES string of the molecule is CCCCCCCCCCCCC(O)(CCCCCCC)S(=O)(=O)[O-].[K+]. The average molecular weight is 417 g/mol. The van der Waals surface area contributed by atoms with Gasteiger partial charge in [-0.1, -0.05) is 97.3 Å². The predicted octanol–water partition coefficient (Wildman–Crippen LogP) is 2.90. The molecule has 0 rings (SSSR count). The number of hydrogen-bond acceptors (Lipinski definition) is 4. The summed E-state index contributed by atoms with van der Waals surface area (Å²) in [5.74, 6) is 0. The Bertz CT molecular complexity index is 401. The Hall–Kier alpha value is 1.51. The fourth-order valence-electron chi connectivity index (χ4n) is 3.27. The molecule has 0 fully saturated rings. The molecule has 0 aromatic heterocycles. The summed E-state index contributed by atoms with van der Waals surface area (Å²) >= 11 is 0. The number of hydrogen-bond donors (Lipinski definition) is 1. The van der Waals surface area contributed by atoms with Crippen molar-refractivity contribution >= 4 is 10.1 Å². The summed E-state index contributed by atoms with van der Waals surface area (Å²) in [5.41, 5.74) is 0. The van der Waals surface area contributed by atoms with Gasteiger partial charge < -0.3 is 9.66 Å². The van der Waals surface area contributed by atoms with Crippen LogP contribution in [-0.2, 0) is 10.1 Å². The van der Waals surface area contributed by atoms with E-state index in [4.69, 9.17) is 0 Å². The third-order valence-corrected chi connectivity index (χ3v) is 6.40. The van der Waals surface area contributed by atoms with Crippen molar-refractivity contribution in [1.29, 1.82) is 0 Å². The van der Waals surface area contributed by atoms with Gasteiger partial charge in [0.1, 0.15) is 10.1 Å². The molecule has 152 valence electrons. The maximum Gasteiger partial charge on any atom is 1.00 e. The normalized spacial score (nSPS) is 14.0. The van der Waals surface area contributed by atoms with E-state index >= 15 is 0 Å². The molecule has 0 spiro atoms. The summed E-state index contributed by atoms with van der Waals surface area (Å²) in [5, 5.41) is 10.3. The van der Waals surface area contributed by atoms with E-state index in [9.17, 15) is 18.1 Å². The van der Waals surface area contributed by atoms with Crippen molar-refractivity contribution in [2.45, 2.75) is 128 Å². The minimum Gasteiger partial charge on any atom is -0.746 e. The monoisotopic (exact) mass is 416 g/mol. The van der Waals surface area contributed by atoms with Gasteiger partial charge in [-0.2, -0.15) is 0 Å². The van der Waals surface area contributed by atoms with Crippen LogP contribution >= 0.6 is 0 Å². The molecule has 0 radical (unpaired) electrons. The molecule has 0 aromatic carbocycles. The average Bonchev–Trinajstić information content (AvgIpc) is 2.55. The summed E-state index contributed by atoms with van der Waals surface area (Å²) in [6, 6.07) is 0. The van der Waals surface area contributed by atoms with E-state index < -0.39 is 15.1 Å². The molecule has 0 aliphatic rings. The van der Waals surface area contributed by atoms with Crippen molar-refractivity contribution in [3.63, 3.8) is 0 Å². The van der Waals surface area contributed by atoms with Gasteiger partial charge in [-0.3, -0.25) is 0 Å². The Morgan fingerprint density at radius 2 is 0.923 bits per heavy atom. The van der Waals surface area contributed by atoms with Crippen LogP contribution in [-0.4, -0.2) is 23.0 Å². The van der Waals surface area contributed by atoms with Crippen LogP contribution in [0.15, 0.2) is 0 Å². The Kier molecular flexibility index (Phi) is 21.2. The summed E-state index contributed by atoms with van der Waals surface area (Å²) in [6.45, 7) is 4.33. The van der Waals surface area contributed by atoms with Gasteiger partial charge in [0.05, 0.1) is 0 Å². The zero-order chi connectivity index (χ0) is 19.0. The molecule has 0 amide bonds. The number of rotatable bonds is 18. The Morgan fingerprint density at radius 1 is 0.654 bits per heavy atom. The molecule has 4 nitrogen and oxygen atoms in total. The maximum atomic E-state index is 11.5. The molecule has 0 aliphatic heterocycles. The predicted molar refractivity (Wildman–Crippen MR) is 104 cm³/mol. The van der Waals surface area contributed by atoms with Gasteiger partial charge in [-0.15, -0.1) is 0 Å². The van der Waals surface area contributed by atoms with Crippen LogP contribution in [0.5, 0.6) is 0 Å². The van der Waals surface area contributed by atoms with Gasteiger partial charge in [0, 0.05) is 0 Å². The van der Waals surface area contributed by atoms with Crippen molar-refractivity contribution < 1.29 is 69.5 Å². The fraction of sp³-hybridized carbons (Fsp3) is 1.00. The molecule has 0 saturated carbocycles. The van der Waals surface area contributed by atoms with Gasteiger partial charge in [0.25, 0.3) is 0 Å². The second-order valence-electron chi connectivity index (χ2n) is 7.50. The van der Waals surface area contributed by atoms with Gasteiger partial charge >= 0.3 is 51.4 Å². The zero-order valence-corrected chi connectivity index (χ0v) is 21.5. The topological polar surface area (TPSA) is 77.4 Å². The maximum absolute atomic E-state index is 11.5. The minimum atomic E-state index is -4.66. The second-order valence-corrected chi connectivity index (χ2v) is 9.16. The third kappa shape index (κ3) is 15.4. The van der Waals surface area contributed by atoms with Gasteiger partial charge in [-0.05, 0) is 25.7 Å². The number of unbranched alkanes of at least 4 members (excludes halogenated alkanes) is 13. The molecule has 6 heteroatoms. The standard InChI is InChI=1S/C20H42O4S.K/c1-3-5-7-9-10-11-12-13-15-17-19-20(21,25(22,23)24)18-16-14-8-6-4-2;/h21H,3-19H2,1-2H3,(H,22,23,24);/q;+1/p-1. The first-order valence-electron chi connectivity index (χ1n) is 10.5. The molecule has 1 unspecified atom stereocenters. The van der Waals surface area contributed by atoms with E-state index in [1.54, 1.807) is 0 Å². The zero-order valence-electron chi connectivity index (χ0n) is 17.6. The smallest absolute Gasteiger partial charge is 0.746 e. The summed E-state index contributed by atoms with van der Waals surface area (Å²) in [4.78, 5) is -2.06.